The van der Waals surface area contributed by atoms with Crippen LogP contribution in [0.4, 0.5) is 5.69 Å². The second-order valence-electron chi connectivity index (χ2n) is 6.73. The minimum Gasteiger partial charge on any atom is -0.476 e. The van der Waals surface area contributed by atoms with Gasteiger partial charge in [-0.15, -0.1) is 0 Å². The van der Waals surface area contributed by atoms with E-state index in [1.807, 2.05) is 0 Å². The number of carboxylic acids is 1. The molecule has 6 N–H and O–H groups in total. The maximum Gasteiger partial charge on any atom is 0.377 e. The molecule has 0 spiro atoms. The van der Waals surface area contributed by atoms with Crippen molar-refractivity contribution in [3.8, 4) is 5.75 Å². The van der Waals surface area contributed by atoms with E-state index < -0.39 is 66.1 Å². The van der Waals surface area contributed by atoms with E-state index in [1.165, 1.54) is 0 Å². The van der Waals surface area contributed by atoms with Crippen molar-refractivity contribution < 1.29 is 49.5 Å². The van der Waals surface area contributed by atoms with Gasteiger partial charge >= 0.3 is 11.8 Å². The van der Waals surface area contributed by atoms with E-state index in [0.29, 0.717) is 0 Å². The number of benzene rings is 1. The highest BCUT2D eigenvalue weighted by Crippen LogP contribution is 2.35. The predicted octanol–water partition coefficient (Wildman–Crippen LogP) is -1.88. The molecule has 13 nitrogen and oxygen atoms in total. The number of carbonyl (C=O) groups is 2. The first kappa shape index (κ1) is 23.4. The van der Waals surface area contributed by atoms with Crippen molar-refractivity contribution in [2.75, 3.05) is 6.61 Å². The quantitative estimate of drug-likeness (QED) is 0.199. The van der Waals surface area contributed by atoms with E-state index >= 15 is 0 Å². The van der Waals surface area contributed by atoms with Crippen molar-refractivity contribution in [2.45, 2.75) is 49.6 Å². The number of ether oxygens (including phenoxy) is 2. The number of aliphatic hydroxyl groups excluding tert-OH is 4. The van der Waals surface area contributed by atoms with Gasteiger partial charge in [0, 0.05) is 19.1 Å². The molecule has 6 atom stereocenters. The molecule has 1 aromatic rings. The summed E-state index contributed by atoms with van der Waals surface area (Å²) in [6.45, 7) is 0.207. The highest BCUT2D eigenvalue weighted by atomic mass is 16.7. The first-order valence-electron chi connectivity index (χ1n) is 8.77. The molecule has 1 heterocycles. The SMILES string of the molecule is CC(=O)N[C@H]1[C@H]([C@H](O)[C@H](O)CO)OC(Oc2ccc([N+](=O)[O-])cc2)(C(=O)O)C[C@@H]1O. The van der Waals surface area contributed by atoms with Gasteiger partial charge in [-0.05, 0) is 12.1 Å². The number of rotatable bonds is 8. The lowest BCUT2D eigenvalue weighted by molar-refractivity contribution is -0.384. The van der Waals surface area contributed by atoms with E-state index in [-0.39, 0.29) is 11.4 Å². The van der Waals surface area contributed by atoms with Gasteiger partial charge in [0.05, 0.1) is 30.1 Å². The van der Waals surface area contributed by atoms with Gasteiger partial charge in [-0.1, -0.05) is 0 Å². The number of nitro groups is 1. The Morgan fingerprint density at radius 2 is 1.97 bits per heavy atom. The Morgan fingerprint density at radius 1 is 1.37 bits per heavy atom. The maximum absolute atomic E-state index is 12.0. The van der Waals surface area contributed by atoms with Crippen LogP contribution in [0, 0.1) is 10.1 Å². The van der Waals surface area contributed by atoms with Gasteiger partial charge in [0.15, 0.2) is 0 Å². The monoisotopic (exact) mass is 430 g/mol. The number of nitrogens with one attached hydrogen (secondary N) is 1. The standard InChI is InChI=1S/C17H22N2O11/c1-8(21)18-13-11(22)6-17(16(25)26,30-15(13)14(24)12(23)7-20)29-10-4-2-9(3-5-10)19(27)28/h2-5,11-15,20,22-24H,6-7H2,1H3,(H,18,21)(H,25,26)/t11-,12+,13+,14+,15+,17?/m0/s1. The summed E-state index contributed by atoms with van der Waals surface area (Å²) in [6.07, 6.45) is -7.65. The van der Waals surface area contributed by atoms with Crippen molar-refractivity contribution >= 4 is 17.6 Å². The summed E-state index contributed by atoms with van der Waals surface area (Å²) in [5.74, 6) is -5.04. The third kappa shape index (κ3) is 5.01. The summed E-state index contributed by atoms with van der Waals surface area (Å²) in [6, 6.07) is 3.03. The molecular formula is C17H22N2O11. The number of nitro benzene ring substituents is 1. The summed E-state index contributed by atoms with van der Waals surface area (Å²) in [4.78, 5) is 33.5. The van der Waals surface area contributed by atoms with Gasteiger partial charge in [0.2, 0.25) is 5.91 Å². The molecular weight excluding hydrogens is 408 g/mol. The van der Waals surface area contributed by atoms with E-state index in [2.05, 4.69) is 5.32 Å². The average Bonchev–Trinajstić information content (AvgIpc) is 2.68. The van der Waals surface area contributed by atoms with Gasteiger partial charge in [-0.2, -0.15) is 0 Å². The molecule has 0 saturated carbocycles. The Hall–Kier alpha value is -2.84. The third-order valence-electron chi connectivity index (χ3n) is 4.52. The van der Waals surface area contributed by atoms with Crippen LogP contribution in [0.3, 0.4) is 0 Å². The fourth-order valence-corrected chi connectivity index (χ4v) is 3.06. The van der Waals surface area contributed by atoms with Gasteiger partial charge in [0.25, 0.3) is 5.69 Å². The smallest absolute Gasteiger partial charge is 0.377 e. The minimum atomic E-state index is -2.56. The number of aliphatic hydroxyl groups is 4. The van der Waals surface area contributed by atoms with Crippen LogP contribution in [0.5, 0.6) is 5.75 Å². The summed E-state index contributed by atoms with van der Waals surface area (Å²) in [5, 5.41) is 62.5. The van der Waals surface area contributed by atoms with Crippen molar-refractivity contribution in [2.24, 2.45) is 0 Å². The van der Waals surface area contributed by atoms with Crippen molar-refractivity contribution in [3.63, 3.8) is 0 Å². The normalized spacial score (nSPS) is 28.2. The van der Waals surface area contributed by atoms with Crippen LogP contribution in [0.15, 0.2) is 24.3 Å². The summed E-state index contributed by atoms with van der Waals surface area (Å²) < 4.78 is 10.8. The molecule has 0 bridgehead atoms. The van der Waals surface area contributed by atoms with Gasteiger partial charge in [0.1, 0.15) is 24.1 Å². The third-order valence-corrected chi connectivity index (χ3v) is 4.52. The lowest BCUT2D eigenvalue weighted by Crippen LogP contribution is -2.68. The van der Waals surface area contributed by atoms with Crippen molar-refractivity contribution in [1.82, 2.24) is 5.32 Å². The van der Waals surface area contributed by atoms with Gasteiger partial charge in [-0.25, -0.2) is 4.79 Å². The Labute approximate surface area is 169 Å². The largest absolute Gasteiger partial charge is 0.476 e. The Kier molecular flexibility index (Phi) is 7.28. The highest BCUT2D eigenvalue weighted by Gasteiger charge is 2.56. The maximum atomic E-state index is 12.0. The topological polar surface area (TPSA) is 209 Å². The summed E-state index contributed by atoms with van der Waals surface area (Å²) in [7, 11) is 0. The molecule has 1 unspecified atom stereocenters. The molecule has 1 aliphatic rings. The molecule has 1 saturated heterocycles. The number of carbonyl (C=O) groups excluding carboxylic acids is 1. The molecule has 0 aromatic heterocycles. The van der Waals surface area contributed by atoms with Crippen LogP contribution in [-0.2, 0) is 14.3 Å². The molecule has 0 aliphatic carbocycles. The number of hydrogen-bond donors (Lipinski definition) is 6. The van der Waals surface area contributed by atoms with E-state index in [9.17, 15) is 40.1 Å². The zero-order valence-corrected chi connectivity index (χ0v) is 15.7. The zero-order valence-electron chi connectivity index (χ0n) is 15.7. The van der Waals surface area contributed by atoms with Crippen LogP contribution in [-0.4, -0.2) is 85.2 Å². The summed E-state index contributed by atoms with van der Waals surface area (Å²) in [5.41, 5.74) is -0.276. The first-order chi connectivity index (χ1) is 14.0. The van der Waals surface area contributed by atoms with Gasteiger partial charge in [-0.3, -0.25) is 14.9 Å². The van der Waals surface area contributed by atoms with Crippen LogP contribution in [0.2, 0.25) is 0 Å². The van der Waals surface area contributed by atoms with E-state index in [0.717, 1.165) is 31.2 Å². The molecule has 30 heavy (non-hydrogen) atoms. The molecule has 1 aromatic carbocycles. The van der Waals surface area contributed by atoms with Gasteiger partial charge < -0.3 is 40.3 Å². The van der Waals surface area contributed by atoms with Crippen LogP contribution >= 0.6 is 0 Å². The number of non-ortho nitro benzene ring substituents is 1. The van der Waals surface area contributed by atoms with E-state index in [1.54, 1.807) is 0 Å². The number of aliphatic carboxylic acids is 1. The number of carboxylic acid groups (broad SMARTS) is 1. The number of nitrogens with zero attached hydrogens (tertiary/aromatic N) is 1. The number of hydrogen-bond acceptors (Lipinski definition) is 10. The lowest BCUT2D eigenvalue weighted by atomic mass is 9.88. The van der Waals surface area contributed by atoms with Crippen molar-refractivity contribution in [1.29, 1.82) is 0 Å². The van der Waals surface area contributed by atoms with Crippen LogP contribution in [0.25, 0.3) is 0 Å². The predicted molar refractivity (Wildman–Crippen MR) is 96.3 cm³/mol. The van der Waals surface area contributed by atoms with Crippen LogP contribution < -0.4 is 10.1 Å². The second-order valence-corrected chi connectivity index (χ2v) is 6.73. The zero-order chi connectivity index (χ0) is 22.6. The Morgan fingerprint density at radius 3 is 2.43 bits per heavy atom. The molecule has 0 radical (unpaired) electrons. The minimum absolute atomic E-state index is 0.149. The molecule has 2 rings (SSSR count). The first-order valence-corrected chi connectivity index (χ1v) is 8.77. The Balaban J connectivity index is 2.40. The average molecular weight is 430 g/mol. The lowest BCUT2D eigenvalue weighted by Gasteiger charge is -2.46. The van der Waals surface area contributed by atoms with Crippen molar-refractivity contribution in [3.05, 3.63) is 34.4 Å². The highest BCUT2D eigenvalue weighted by molar-refractivity contribution is 5.77. The van der Waals surface area contributed by atoms with Crippen LogP contribution in [0.1, 0.15) is 13.3 Å². The number of amides is 1. The molecule has 1 aliphatic heterocycles. The fourth-order valence-electron chi connectivity index (χ4n) is 3.06. The second kappa shape index (κ2) is 9.32. The molecule has 1 fully saturated rings. The molecule has 13 heteroatoms. The Bertz CT molecular complexity index is 786. The fraction of sp³-hybridized carbons (Fsp3) is 0.529. The van der Waals surface area contributed by atoms with E-state index in [4.69, 9.17) is 14.6 Å². The summed E-state index contributed by atoms with van der Waals surface area (Å²) >= 11 is 0. The molecule has 166 valence electrons. The molecule has 1 amide bonds.